The molecule has 2 heterocycles. The molecule has 2 atom stereocenters. The molecule has 134 valence electrons. The molecule has 27 heavy (non-hydrogen) atoms. The molecule has 0 radical (unpaired) electrons. The Balaban J connectivity index is 1.67. The van der Waals surface area contributed by atoms with E-state index >= 15 is 0 Å². The van der Waals surface area contributed by atoms with E-state index < -0.39 is 0 Å². The molecule has 0 spiro atoms. The summed E-state index contributed by atoms with van der Waals surface area (Å²) in [7, 11) is 0. The average Bonchev–Trinajstić information content (AvgIpc) is 3.06. The van der Waals surface area contributed by atoms with E-state index in [1.54, 1.807) is 0 Å². The second kappa shape index (κ2) is 6.39. The molecule has 0 fully saturated rings. The Labute approximate surface area is 161 Å². The Morgan fingerprint density at radius 3 is 2.59 bits per heavy atom. The van der Waals surface area contributed by atoms with Gasteiger partial charge in [-0.1, -0.05) is 48.0 Å². The van der Waals surface area contributed by atoms with Gasteiger partial charge in [-0.3, -0.25) is 0 Å². The third-order valence-corrected chi connectivity index (χ3v) is 5.41. The largest absolute Gasteiger partial charge is 0.349 e. The lowest BCUT2D eigenvalue weighted by Crippen LogP contribution is -2.27. The van der Waals surface area contributed by atoms with Crippen molar-refractivity contribution in [3.05, 3.63) is 94.8 Å². The zero-order chi connectivity index (χ0) is 18.4. The summed E-state index contributed by atoms with van der Waals surface area (Å²) in [6, 6.07) is 22.9. The van der Waals surface area contributed by atoms with Crippen molar-refractivity contribution in [2.24, 2.45) is 0 Å². The van der Waals surface area contributed by atoms with Gasteiger partial charge in [-0.05, 0) is 53.9 Å². The summed E-state index contributed by atoms with van der Waals surface area (Å²) in [6.07, 6.45) is 0.819. The number of fused-ring (bicyclic) bond motifs is 3. The first-order chi connectivity index (χ1) is 13.2. The number of aromatic nitrogens is 2. The van der Waals surface area contributed by atoms with Crippen molar-refractivity contribution >= 4 is 28.6 Å². The predicted octanol–water partition coefficient (Wildman–Crippen LogP) is 5.98. The maximum absolute atomic E-state index is 13.4. The fourth-order valence-corrected chi connectivity index (χ4v) is 4.12. The number of benzene rings is 3. The monoisotopic (exact) mass is 377 g/mol. The van der Waals surface area contributed by atoms with Crippen LogP contribution in [-0.2, 0) is 0 Å². The van der Waals surface area contributed by atoms with Gasteiger partial charge in [0, 0.05) is 5.02 Å². The lowest BCUT2D eigenvalue weighted by molar-refractivity contribution is 0.477. The van der Waals surface area contributed by atoms with Crippen molar-refractivity contribution in [3.63, 3.8) is 0 Å². The average molecular weight is 378 g/mol. The van der Waals surface area contributed by atoms with Gasteiger partial charge < -0.3 is 9.88 Å². The Hall–Kier alpha value is -2.85. The summed E-state index contributed by atoms with van der Waals surface area (Å²) in [4.78, 5) is 4.79. The Bertz CT molecular complexity index is 1120. The van der Waals surface area contributed by atoms with Gasteiger partial charge in [-0.25, -0.2) is 9.37 Å². The quantitative estimate of drug-likeness (QED) is 0.466. The molecule has 0 aliphatic carbocycles. The van der Waals surface area contributed by atoms with Crippen molar-refractivity contribution in [2.75, 3.05) is 5.32 Å². The molecule has 0 amide bonds. The molecule has 5 heteroatoms. The number of hydrogen-bond acceptors (Lipinski definition) is 2. The van der Waals surface area contributed by atoms with Crippen LogP contribution in [-0.4, -0.2) is 9.55 Å². The number of nitrogens with one attached hydrogen (secondary N) is 1. The third-order valence-electron chi connectivity index (χ3n) is 5.18. The topological polar surface area (TPSA) is 29.9 Å². The van der Waals surface area contributed by atoms with E-state index in [2.05, 4.69) is 22.0 Å². The van der Waals surface area contributed by atoms with Crippen LogP contribution in [0.15, 0.2) is 72.8 Å². The maximum atomic E-state index is 13.4. The Morgan fingerprint density at radius 1 is 0.963 bits per heavy atom. The molecule has 4 aromatic rings. The molecular formula is C22H17ClFN3. The second-order valence-corrected chi connectivity index (χ2v) is 7.29. The first kappa shape index (κ1) is 16.3. The molecule has 0 bridgehead atoms. The van der Waals surface area contributed by atoms with Gasteiger partial charge in [0.2, 0.25) is 5.95 Å². The van der Waals surface area contributed by atoms with Crippen molar-refractivity contribution in [3.8, 4) is 0 Å². The van der Waals surface area contributed by atoms with Crippen LogP contribution in [0.5, 0.6) is 0 Å². The van der Waals surface area contributed by atoms with Crippen LogP contribution >= 0.6 is 11.6 Å². The molecule has 0 saturated heterocycles. The molecule has 1 aliphatic heterocycles. The number of halogens is 2. The van der Waals surface area contributed by atoms with E-state index in [4.69, 9.17) is 16.6 Å². The van der Waals surface area contributed by atoms with Gasteiger partial charge in [-0.15, -0.1) is 0 Å². The highest BCUT2D eigenvalue weighted by Crippen LogP contribution is 2.41. The Kier molecular flexibility index (Phi) is 3.87. The molecule has 3 nitrogen and oxygen atoms in total. The molecule has 5 rings (SSSR count). The van der Waals surface area contributed by atoms with Gasteiger partial charge in [0.05, 0.1) is 23.1 Å². The van der Waals surface area contributed by atoms with Gasteiger partial charge in [0.25, 0.3) is 0 Å². The number of nitrogens with zero attached hydrogens (tertiary/aromatic N) is 2. The summed E-state index contributed by atoms with van der Waals surface area (Å²) in [5.74, 6) is 0.593. The second-order valence-electron chi connectivity index (χ2n) is 6.85. The van der Waals surface area contributed by atoms with E-state index in [0.29, 0.717) is 0 Å². The lowest BCUT2D eigenvalue weighted by Gasteiger charge is -2.33. The van der Waals surface area contributed by atoms with E-state index in [-0.39, 0.29) is 17.9 Å². The summed E-state index contributed by atoms with van der Waals surface area (Å²) in [5, 5.41) is 4.25. The van der Waals surface area contributed by atoms with E-state index in [9.17, 15) is 4.39 Å². The zero-order valence-corrected chi connectivity index (χ0v) is 15.2. The molecule has 0 saturated carbocycles. The maximum Gasteiger partial charge on any atom is 0.204 e. The first-order valence-electron chi connectivity index (χ1n) is 8.93. The smallest absolute Gasteiger partial charge is 0.204 e. The van der Waals surface area contributed by atoms with Gasteiger partial charge >= 0.3 is 0 Å². The molecular weight excluding hydrogens is 361 g/mol. The van der Waals surface area contributed by atoms with E-state index in [1.807, 2.05) is 48.5 Å². The fourth-order valence-electron chi connectivity index (χ4n) is 3.92. The fraction of sp³-hybridized carbons (Fsp3) is 0.136. The molecule has 3 aromatic carbocycles. The molecule has 1 N–H and O–H groups in total. The predicted molar refractivity (Wildman–Crippen MR) is 107 cm³/mol. The minimum Gasteiger partial charge on any atom is -0.349 e. The van der Waals surface area contributed by atoms with Crippen molar-refractivity contribution < 1.29 is 4.39 Å². The highest BCUT2D eigenvalue weighted by atomic mass is 35.5. The van der Waals surface area contributed by atoms with Crippen molar-refractivity contribution in [1.82, 2.24) is 9.55 Å². The lowest BCUT2D eigenvalue weighted by atomic mass is 9.93. The summed E-state index contributed by atoms with van der Waals surface area (Å²) >= 11 is 6.27. The number of rotatable bonds is 2. The highest BCUT2D eigenvalue weighted by molar-refractivity contribution is 6.30. The van der Waals surface area contributed by atoms with Crippen LogP contribution in [0.2, 0.25) is 5.02 Å². The van der Waals surface area contributed by atoms with E-state index in [1.165, 1.54) is 12.1 Å². The van der Waals surface area contributed by atoms with Gasteiger partial charge in [0.15, 0.2) is 0 Å². The number of para-hydroxylation sites is 2. The van der Waals surface area contributed by atoms with E-state index in [0.717, 1.165) is 39.6 Å². The van der Waals surface area contributed by atoms with Gasteiger partial charge in [0.1, 0.15) is 5.82 Å². The van der Waals surface area contributed by atoms with Gasteiger partial charge in [-0.2, -0.15) is 0 Å². The summed E-state index contributed by atoms with van der Waals surface area (Å²) < 4.78 is 15.6. The standard InChI is InChI=1S/C22H17ClFN3/c23-16-5-3-4-15(12-16)21-13-19(14-8-10-17(24)11-9-14)26-22-25-18-6-1-2-7-20(18)27(21)22/h1-12,19,21H,13H2,(H,25,26)/t19-,21-/m0/s1. The van der Waals surface area contributed by atoms with Crippen LogP contribution in [0.25, 0.3) is 11.0 Å². The highest BCUT2D eigenvalue weighted by Gasteiger charge is 2.31. The summed E-state index contributed by atoms with van der Waals surface area (Å²) in [6.45, 7) is 0. The van der Waals surface area contributed by atoms with Crippen LogP contribution in [0.4, 0.5) is 10.3 Å². The van der Waals surface area contributed by atoms with Crippen molar-refractivity contribution in [1.29, 1.82) is 0 Å². The summed E-state index contributed by atoms with van der Waals surface area (Å²) in [5.41, 5.74) is 4.22. The zero-order valence-electron chi connectivity index (χ0n) is 14.4. The first-order valence-corrected chi connectivity index (χ1v) is 9.31. The van der Waals surface area contributed by atoms with Crippen LogP contribution < -0.4 is 5.32 Å². The molecule has 0 unspecified atom stereocenters. The minimum atomic E-state index is -0.229. The number of hydrogen-bond donors (Lipinski definition) is 1. The van der Waals surface area contributed by atoms with Crippen molar-refractivity contribution in [2.45, 2.75) is 18.5 Å². The normalized spacial score (nSPS) is 18.9. The number of imidazole rings is 1. The minimum absolute atomic E-state index is 0.0406. The Morgan fingerprint density at radius 2 is 1.78 bits per heavy atom. The number of anilines is 1. The third kappa shape index (κ3) is 2.86. The van der Waals surface area contributed by atoms with Crippen LogP contribution in [0.1, 0.15) is 29.6 Å². The molecule has 1 aliphatic rings. The molecule has 1 aromatic heterocycles. The SMILES string of the molecule is Fc1ccc([C@@H]2C[C@@H](c3cccc(Cl)c3)n3c(nc4ccccc43)N2)cc1. The van der Waals surface area contributed by atoms with Crippen LogP contribution in [0, 0.1) is 5.82 Å². The van der Waals surface area contributed by atoms with Crippen LogP contribution in [0.3, 0.4) is 0 Å².